The number of phenols is 1. The van der Waals surface area contributed by atoms with Crippen molar-refractivity contribution in [3.8, 4) is 11.5 Å². The number of nitrogens with one attached hydrogen (secondary N) is 1. The molecule has 0 aliphatic carbocycles. The zero-order valence-corrected chi connectivity index (χ0v) is 12.5. The highest BCUT2D eigenvalue weighted by molar-refractivity contribution is 7.92. The summed E-state index contributed by atoms with van der Waals surface area (Å²) in [6, 6.07) is 3.45. The molecule has 0 spiro atoms. The Bertz CT molecular complexity index is 888. The van der Waals surface area contributed by atoms with Gasteiger partial charge in [0.1, 0.15) is 0 Å². The van der Waals surface area contributed by atoms with E-state index in [-0.39, 0.29) is 5.75 Å². The van der Waals surface area contributed by atoms with Gasteiger partial charge >= 0.3 is 0 Å². The molecule has 0 heterocycles. The zero-order valence-electron chi connectivity index (χ0n) is 11.7. The summed E-state index contributed by atoms with van der Waals surface area (Å²) >= 11 is 0. The third-order valence-electron chi connectivity index (χ3n) is 2.90. The molecule has 130 valence electrons. The lowest BCUT2D eigenvalue weighted by Gasteiger charge is -2.13. The van der Waals surface area contributed by atoms with Crippen LogP contribution in [0.5, 0.6) is 11.5 Å². The van der Waals surface area contributed by atoms with Crippen molar-refractivity contribution in [1.82, 2.24) is 0 Å². The number of halogens is 5. The summed E-state index contributed by atoms with van der Waals surface area (Å²) < 4.78 is 96.8. The Kier molecular flexibility index (Phi) is 4.56. The molecule has 0 amide bonds. The third-order valence-corrected chi connectivity index (χ3v) is 4.29. The second-order valence-electron chi connectivity index (χ2n) is 4.36. The van der Waals surface area contributed by atoms with Crippen molar-refractivity contribution in [2.75, 3.05) is 11.8 Å². The number of sulfonamides is 1. The largest absolute Gasteiger partial charge is 0.503 e. The summed E-state index contributed by atoms with van der Waals surface area (Å²) in [5, 5.41) is 9.74. The first-order valence-corrected chi connectivity index (χ1v) is 7.50. The van der Waals surface area contributed by atoms with Crippen LogP contribution in [0.25, 0.3) is 0 Å². The van der Waals surface area contributed by atoms with Crippen LogP contribution in [0.1, 0.15) is 0 Å². The van der Waals surface area contributed by atoms with Crippen molar-refractivity contribution in [1.29, 1.82) is 0 Å². The van der Waals surface area contributed by atoms with E-state index in [4.69, 9.17) is 4.74 Å². The summed E-state index contributed by atoms with van der Waals surface area (Å²) in [5.74, 6) is -13.3. The average Bonchev–Trinajstić information content (AvgIpc) is 2.52. The van der Waals surface area contributed by atoms with E-state index >= 15 is 0 Å². The van der Waals surface area contributed by atoms with Crippen LogP contribution in [0.3, 0.4) is 0 Å². The molecule has 0 fully saturated rings. The lowest BCUT2D eigenvalue weighted by Crippen LogP contribution is -2.19. The molecule has 0 aliphatic heterocycles. The van der Waals surface area contributed by atoms with Crippen molar-refractivity contribution in [2.24, 2.45) is 0 Å². The summed E-state index contributed by atoms with van der Waals surface area (Å²) in [6.07, 6.45) is 0. The number of ether oxygens (including phenoxy) is 1. The highest BCUT2D eigenvalue weighted by atomic mass is 32.2. The number of para-hydroxylation sites is 1. The number of hydrogen-bond donors (Lipinski definition) is 2. The summed E-state index contributed by atoms with van der Waals surface area (Å²) in [6.45, 7) is 0. The van der Waals surface area contributed by atoms with Crippen molar-refractivity contribution >= 4 is 15.7 Å². The first-order valence-electron chi connectivity index (χ1n) is 6.02. The number of methoxy groups -OCH3 is 1. The van der Waals surface area contributed by atoms with E-state index in [0.29, 0.717) is 0 Å². The normalized spacial score (nSPS) is 11.4. The fraction of sp³-hybridized carbons (Fsp3) is 0.0769. The fourth-order valence-corrected chi connectivity index (χ4v) is 2.99. The number of hydrogen-bond acceptors (Lipinski definition) is 4. The standard InChI is InChI=1S/C13H8F5NO4S/c1-23-6-4-2-3-5(12(6)20)19-24(21,22)13-10(17)8(15)7(14)9(16)11(13)18/h2-4,19-20H,1H3. The molecule has 2 rings (SSSR count). The SMILES string of the molecule is COc1cccc(NS(=O)(=O)c2c(F)c(F)c(F)c(F)c2F)c1O. The molecule has 0 bridgehead atoms. The minimum atomic E-state index is -5.25. The molecule has 11 heteroatoms. The first-order chi connectivity index (χ1) is 11.1. The van der Waals surface area contributed by atoms with E-state index in [1.807, 2.05) is 0 Å². The van der Waals surface area contributed by atoms with Gasteiger partial charge in [0.2, 0.25) is 5.82 Å². The Morgan fingerprint density at radius 3 is 1.96 bits per heavy atom. The highest BCUT2D eigenvalue weighted by Gasteiger charge is 2.34. The minimum absolute atomic E-state index is 0.187. The van der Waals surface area contributed by atoms with E-state index in [2.05, 4.69) is 0 Å². The van der Waals surface area contributed by atoms with Gasteiger partial charge in [-0.15, -0.1) is 0 Å². The fourth-order valence-electron chi connectivity index (χ4n) is 1.79. The van der Waals surface area contributed by atoms with Crippen LogP contribution in [0.15, 0.2) is 23.1 Å². The Hall–Kier alpha value is -2.56. The maximum Gasteiger partial charge on any atom is 0.268 e. The van der Waals surface area contributed by atoms with Crippen molar-refractivity contribution in [3.63, 3.8) is 0 Å². The Labute approximate surface area is 132 Å². The molecule has 0 saturated carbocycles. The summed E-state index contributed by atoms with van der Waals surface area (Å²) in [5.41, 5.74) is -0.585. The smallest absolute Gasteiger partial charge is 0.268 e. The van der Waals surface area contributed by atoms with E-state index in [0.717, 1.165) is 13.2 Å². The maximum atomic E-state index is 13.6. The third kappa shape index (κ3) is 2.82. The number of phenolic OH excluding ortho intramolecular Hbond substituents is 1. The molecule has 0 saturated heterocycles. The monoisotopic (exact) mass is 369 g/mol. The Morgan fingerprint density at radius 1 is 0.958 bits per heavy atom. The molecule has 5 nitrogen and oxygen atoms in total. The number of benzene rings is 2. The van der Waals surface area contributed by atoms with Crippen LogP contribution in [-0.4, -0.2) is 20.6 Å². The van der Waals surface area contributed by atoms with Crippen molar-refractivity contribution < 1.29 is 40.2 Å². The number of rotatable bonds is 4. The second-order valence-corrected chi connectivity index (χ2v) is 5.98. The van der Waals surface area contributed by atoms with E-state index in [9.17, 15) is 35.5 Å². The lowest BCUT2D eigenvalue weighted by molar-refractivity contribution is 0.358. The van der Waals surface area contributed by atoms with Crippen LogP contribution in [0.4, 0.5) is 27.6 Å². The van der Waals surface area contributed by atoms with Gasteiger partial charge in [0.05, 0.1) is 12.8 Å². The predicted molar refractivity (Wildman–Crippen MR) is 71.7 cm³/mol. The highest BCUT2D eigenvalue weighted by Crippen LogP contribution is 2.36. The van der Waals surface area contributed by atoms with Gasteiger partial charge in [-0.2, -0.15) is 0 Å². The van der Waals surface area contributed by atoms with Crippen molar-refractivity contribution in [3.05, 3.63) is 47.3 Å². The molecule has 2 N–H and O–H groups in total. The molecule has 2 aromatic rings. The maximum absolute atomic E-state index is 13.6. The minimum Gasteiger partial charge on any atom is -0.503 e. The number of aromatic hydroxyl groups is 1. The van der Waals surface area contributed by atoms with Gasteiger partial charge in [-0.1, -0.05) is 6.07 Å². The molecular formula is C13H8F5NO4S. The number of anilines is 1. The molecule has 2 aromatic carbocycles. The van der Waals surface area contributed by atoms with Gasteiger partial charge in [-0.3, -0.25) is 4.72 Å². The molecule has 24 heavy (non-hydrogen) atoms. The Balaban J connectivity index is 2.62. The topological polar surface area (TPSA) is 75.6 Å². The van der Waals surface area contributed by atoms with Gasteiger partial charge < -0.3 is 9.84 Å². The molecule has 0 atom stereocenters. The van der Waals surface area contributed by atoms with Gasteiger partial charge in [-0.25, -0.2) is 30.4 Å². The van der Waals surface area contributed by atoms with Crippen molar-refractivity contribution in [2.45, 2.75) is 4.90 Å². The second kappa shape index (κ2) is 6.15. The molecule has 0 unspecified atom stereocenters. The van der Waals surface area contributed by atoms with E-state index in [1.165, 1.54) is 16.9 Å². The van der Waals surface area contributed by atoms with Crippen LogP contribution >= 0.6 is 0 Å². The summed E-state index contributed by atoms with van der Waals surface area (Å²) in [4.78, 5) is -2.07. The van der Waals surface area contributed by atoms with Gasteiger partial charge in [0.25, 0.3) is 10.0 Å². The summed E-state index contributed by atoms with van der Waals surface area (Å²) in [7, 11) is -4.10. The average molecular weight is 369 g/mol. The molecular weight excluding hydrogens is 361 g/mol. The Morgan fingerprint density at radius 2 is 1.46 bits per heavy atom. The van der Waals surface area contributed by atoms with E-state index < -0.39 is 55.4 Å². The lowest BCUT2D eigenvalue weighted by atomic mass is 10.3. The molecule has 0 aliphatic rings. The quantitative estimate of drug-likeness (QED) is 0.376. The van der Waals surface area contributed by atoms with Crippen LogP contribution in [-0.2, 0) is 10.0 Å². The molecule has 0 radical (unpaired) electrons. The van der Waals surface area contributed by atoms with Gasteiger partial charge in [0.15, 0.2) is 39.7 Å². The van der Waals surface area contributed by atoms with Gasteiger partial charge in [-0.05, 0) is 12.1 Å². The first kappa shape index (κ1) is 17.8. The molecule has 0 aromatic heterocycles. The van der Waals surface area contributed by atoms with Gasteiger partial charge in [0, 0.05) is 0 Å². The van der Waals surface area contributed by atoms with Crippen LogP contribution in [0, 0.1) is 29.1 Å². The van der Waals surface area contributed by atoms with Crippen LogP contribution < -0.4 is 9.46 Å². The predicted octanol–water partition coefficient (Wildman–Crippen LogP) is 2.90. The van der Waals surface area contributed by atoms with E-state index in [1.54, 1.807) is 0 Å². The van der Waals surface area contributed by atoms with Crippen LogP contribution in [0.2, 0.25) is 0 Å². The zero-order chi connectivity index (χ0) is 18.2.